The average Bonchev–Trinajstić information content (AvgIpc) is 3.33. The number of rotatable bonds is 53. The number of ether oxygens (including phenoxy) is 2. The Morgan fingerprint density at radius 3 is 1.20 bits per heavy atom. The van der Waals surface area contributed by atoms with Crippen LogP contribution in [0.3, 0.4) is 0 Å². The molecule has 0 aliphatic carbocycles. The van der Waals surface area contributed by atoms with Crippen molar-refractivity contribution in [2.24, 2.45) is 0 Å². The van der Waals surface area contributed by atoms with Crippen molar-refractivity contribution in [3.63, 3.8) is 0 Å². The smallest absolute Gasteiger partial charge is 0.306 e. The van der Waals surface area contributed by atoms with Gasteiger partial charge in [-0.1, -0.05) is 247 Å². The van der Waals surface area contributed by atoms with Crippen LogP contribution in [0.1, 0.15) is 251 Å². The topological polar surface area (TPSA) is 111 Å². The first-order chi connectivity index (χ1) is 34.5. The van der Waals surface area contributed by atoms with Gasteiger partial charge in [-0.3, -0.25) is 14.2 Å². The van der Waals surface area contributed by atoms with E-state index in [9.17, 15) is 19.0 Å². The van der Waals surface area contributed by atoms with Crippen LogP contribution in [-0.2, 0) is 32.7 Å². The first kappa shape index (κ1) is 68.5. The summed E-state index contributed by atoms with van der Waals surface area (Å²) in [7, 11) is 1.14. The summed E-state index contributed by atoms with van der Waals surface area (Å²) < 4.78 is 34.1. The number of carbonyl (C=O) groups excluding carboxylic acids is 2. The van der Waals surface area contributed by atoms with Crippen molar-refractivity contribution in [1.29, 1.82) is 0 Å². The van der Waals surface area contributed by atoms with E-state index in [0.29, 0.717) is 17.4 Å². The third-order valence-electron chi connectivity index (χ3n) is 12.5. The number of quaternary nitrogens is 1. The molecular weight excluding hydrogens is 906 g/mol. The summed E-state index contributed by atoms with van der Waals surface area (Å²) in [5.74, 6) is -0.879. The van der Waals surface area contributed by atoms with Crippen LogP contribution in [-0.4, -0.2) is 70.0 Å². The zero-order valence-corrected chi connectivity index (χ0v) is 47.6. The summed E-state index contributed by atoms with van der Waals surface area (Å²) in [5.41, 5.74) is 0. The Morgan fingerprint density at radius 1 is 0.451 bits per heavy atom. The van der Waals surface area contributed by atoms with E-state index in [0.717, 1.165) is 70.6 Å². The number of phosphoric acid groups is 1. The summed E-state index contributed by atoms with van der Waals surface area (Å²) in [4.78, 5) is 37.8. The van der Waals surface area contributed by atoms with Crippen LogP contribution in [0.25, 0.3) is 0 Å². The van der Waals surface area contributed by atoms with Gasteiger partial charge in [0, 0.05) is 12.8 Å². The molecule has 0 amide bonds. The first-order valence-corrected chi connectivity index (χ1v) is 30.6. The van der Waals surface area contributed by atoms with Gasteiger partial charge in [0.25, 0.3) is 7.82 Å². The maximum absolute atomic E-state index is 12.8. The van der Waals surface area contributed by atoms with Crippen LogP contribution < -0.4 is 4.89 Å². The fourth-order valence-corrected chi connectivity index (χ4v) is 8.74. The van der Waals surface area contributed by atoms with Gasteiger partial charge in [0.1, 0.15) is 19.8 Å². The molecule has 71 heavy (non-hydrogen) atoms. The lowest BCUT2D eigenvalue weighted by molar-refractivity contribution is -0.870. The van der Waals surface area contributed by atoms with Gasteiger partial charge in [-0.25, -0.2) is 0 Å². The number of phosphoric ester groups is 1. The van der Waals surface area contributed by atoms with Crippen molar-refractivity contribution < 1.29 is 42.1 Å². The van der Waals surface area contributed by atoms with Crippen LogP contribution in [0.5, 0.6) is 0 Å². The molecule has 0 N–H and O–H groups in total. The molecule has 0 saturated carbocycles. The van der Waals surface area contributed by atoms with Crippen LogP contribution in [0, 0.1) is 0 Å². The van der Waals surface area contributed by atoms with E-state index in [1.165, 1.54) is 148 Å². The second-order valence-corrected chi connectivity index (χ2v) is 22.0. The molecule has 0 saturated heterocycles. The molecule has 9 nitrogen and oxygen atoms in total. The molecule has 0 rings (SSSR count). The number of hydrogen-bond donors (Lipinski definition) is 0. The Labute approximate surface area is 438 Å². The van der Waals surface area contributed by atoms with Crippen LogP contribution in [0.2, 0.25) is 0 Å². The van der Waals surface area contributed by atoms with Gasteiger partial charge in [-0.05, 0) is 64.2 Å². The first-order valence-electron chi connectivity index (χ1n) is 29.1. The maximum Gasteiger partial charge on any atom is 0.306 e. The standard InChI is InChI=1S/C61H110NO8P/c1-6-8-10-12-14-16-18-20-22-24-26-28-29-30-31-32-34-35-37-39-41-43-45-47-49-51-53-60(63)67-57-59(58-69-71(65,66)68-56-55-62(3,4)5)70-61(64)54-52-50-48-46-44-42-40-38-36-33-27-25-23-21-19-17-15-13-11-9-7-2/h9,11,15,17,21,23,27,33,38,40,44,46,59H,6-8,10,12-14,16,18-20,22,24-26,28-32,34-37,39,41-43,45,47-58H2,1-5H3/b11-9-,17-15-,23-21-,33-27-,40-38-,46-44-. The molecular formula is C61H110NO8P. The zero-order valence-electron chi connectivity index (χ0n) is 46.7. The van der Waals surface area contributed by atoms with Gasteiger partial charge in [0.2, 0.25) is 0 Å². The minimum Gasteiger partial charge on any atom is -0.756 e. The zero-order chi connectivity index (χ0) is 52.0. The lowest BCUT2D eigenvalue weighted by Gasteiger charge is -2.28. The van der Waals surface area contributed by atoms with Crippen molar-refractivity contribution in [2.75, 3.05) is 47.5 Å². The highest BCUT2D eigenvalue weighted by Crippen LogP contribution is 2.38. The van der Waals surface area contributed by atoms with Crippen LogP contribution in [0.4, 0.5) is 0 Å². The van der Waals surface area contributed by atoms with Gasteiger partial charge in [0.15, 0.2) is 6.10 Å². The molecule has 412 valence electrons. The largest absolute Gasteiger partial charge is 0.756 e. The Balaban J connectivity index is 4.20. The number of unbranched alkanes of at least 4 members (excludes halogenated alkanes) is 27. The van der Waals surface area contributed by atoms with Crippen molar-refractivity contribution in [3.05, 3.63) is 72.9 Å². The van der Waals surface area contributed by atoms with E-state index in [-0.39, 0.29) is 26.1 Å². The summed E-state index contributed by atoms with van der Waals surface area (Å²) in [5, 5.41) is 0. The lowest BCUT2D eigenvalue weighted by Crippen LogP contribution is -2.37. The number of likely N-dealkylation sites (N-methyl/N-ethyl adjacent to an activating group) is 1. The van der Waals surface area contributed by atoms with E-state index < -0.39 is 32.5 Å². The molecule has 0 heterocycles. The Morgan fingerprint density at radius 2 is 0.803 bits per heavy atom. The van der Waals surface area contributed by atoms with E-state index in [1.807, 2.05) is 21.1 Å². The Bertz CT molecular complexity index is 1430. The molecule has 0 radical (unpaired) electrons. The molecule has 0 aliphatic heterocycles. The molecule has 2 atom stereocenters. The molecule has 0 spiro atoms. The Hall–Kier alpha value is -2.55. The summed E-state index contributed by atoms with van der Waals surface area (Å²) in [6, 6.07) is 0. The van der Waals surface area contributed by atoms with Gasteiger partial charge in [-0.2, -0.15) is 0 Å². The molecule has 0 bridgehead atoms. The maximum atomic E-state index is 12.8. The summed E-state index contributed by atoms with van der Waals surface area (Å²) in [6.07, 6.45) is 68.2. The van der Waals surface area contributed by atoms with Gasteiger partial charge in [-0.15, -0.1) is 0 Å². The second-order valence-electron chi connectivity index (χ2n) is 20.6. The number of esters is 2. The average molecular weight is 1020 g/mol. The van der Waals surface area contributed by atoms with E-state index in [4.69, 9.17) is 18.5 Å². The SMILES string of the molecule is CC/C=C\C/C=C\C/C=C\C/C=C\C/C=C\C/C=C\CCCCC(=O)OC(COC(=O)CCCCCCCCCCCCCCCCCCCCCCCCCCCC)COP(=O)([O-])OCC[N+](C)(C)C. The summed E-state index contributed by atoms with van der Waals surface area (Å²) in [6.45, 7) is 4.10. The fourth-order valence-electron chi connectivity index (χ4n) is 8.01. The highest BCUT2D eigenvalue weighted by Gasteiger charge is 2.21. The second kappa shape index (κ2) is 52.3. The fraction of sp³-hybridized carbons (Fsp3) is 0.770. The molecule has 0 aliphatic rings. The minimum absolute atomic E-state index is 0.0416. The monoisotopic (exact) mass is 1020 g/mol. The van der Waals surface area contributed by atoms with E-state index in [1.54, 1.807) is 0 Å². The minimum atomic E-state index is -4.65. The van der Waals surface area contributed by atoms with Crippen LogP contribution >= 0.6 is 7.82 Å². The summed E-state index contributed by atoms with van der Waals surface area (Å²) >= 11 is 0. The lowest BCUT2D eigenvalue weighted by atomic mass is 10.0. The normalized spacial score (nSPS) is 13.8. The number of carbonyl (C=O) groups is 2. The van der Waals surface area contributed by atoms with Crippen LogP contribution in [0.15, 0.2) is 72.9 Å². The predicted octanol–water partition coefficient (Wildman–Crippen LogP) is 17.5. The molecule has 2 unspecified atom stereocenters. The van der Waals surface area contributed by atoms with E-state index >= 15 is 0 Å². The predicted molar refractivity (Wildman–Crippen MR) is 300 cm³/mol. The quantitative estimate of drug-likeness (QED) is 0.0195. The van der Waals surface area contributed by atoms with Gasteiger partial charge >= 0.3 is 11.9 Å². The molecule has 0 fully saturated rings. The Kier molecular flexibility index (Phi) is 50.4. The van der Waals surface area contributed by atoms with Crippen molar-refractivity contribution in [3.8, 4) is 0 Å². The van der Waals surface area contributed by atoms with Gasteiger partial charge < -0.3 is 27.9 Å². The van der Waals surface area contributed by atoms with Crippen molar-refractivity contribution >= 4 is 19.8 Å². The highest BCUT2D eigenvalue weighted by atomic mass is 31.2. The van der Waals surface area contributed by atoms with Crippen molar-refractivity contribution in [2.45, 2.75) is 258 Å². The van der Waals surface area contributed by atoms with Crippen molar-refractivity contribution in [1.82, 2.24) is 0 Å². The molecule has 10 heteroatoms. The molecule has 0 aromatic rings. The third-order valence-corrected chi connectivity index (χ3v) is 13.5. The van der Waals surface area contributed by atoms with E-state index in [2.05, 4.69) is 86.8 Å². The third kappa shape index (κ3) is 56.6. The molecule has 0 aromatic heterocycles. The number of nitrogens with zero attached hydrogens (tertiary/aromatic N) is 1. The molecule has 0 aromatic carbocycles. The van der Waals surface area contributed by atoms with Gasteiger partial charge in [0.05, 0.1) is 27.7 Å². The number of hydrogen-bond acceptors (Lipinski definition) is 8. The highest BCUT2D eigenvalue weighted by molar-refractivity contribution is 7.45. The number of allylic oxidation sites excluding steroid dienone is 12.